The molecule has 1 heterocycles. The minimum Gasteiger partial charge on any atom is -0.495 e. The van der Waals surface area contributed by atoms with Crippen LogP contribution in [-0.2, 0) is 16.0 Å². The van der Waals surface area contributed by atoms with Gasteiger partial charge in [-0.2, -0.15) is 18.3 Å². The number of hydrogen-bond acceptors (Lipinski definition) is 5. The summed E-state index contributed by atoms with van der Waals surface area (Å²) in [6.07, 6.45) is -4.66. The Bertz CT molecular complexity index is 1160. The Labute approximate surface area is 179 Å². The smallest absolute Gasteiger partial charge is 0.435 e. The highest BCUT2D eigenvalue weighted by atomic mass is 79.9. The van der Waals surface area contributed by atoms with Crippen molar-refractivity contribution >= 4 is 25.8 Å². The third-order valence-electron chi connectivity index (χ3n) is 4.25. The van der Waals surface area contributed by atoms with Crippen molar-refractivity contribution in [3.8, 4) is 22.7 Å². The SMILES string of the molecule is COc1cc(-n2nc(C(F)(F)F)cc2-c2ccc(S(=O)(=O)CCO)cc2)ccc1Br. The molecule has 0 amide bonds. The number of methoxy groups -OCH3 is 1. The summed E-state index contributed by atoms with van der Waals surface area (Å²) < 4.78 is 71.0. The molecule has 0 radical (unpaired) electrons. The van der Waals surface area contributed by atoms with Crippen molar-refractivity contribution in [3.63, 3.8) is 0 Å². The van der Waals surface area contributed by atoms with E-state index in [1.54, 1.807) is 12.1 Å². The standard InChI is InChI=1S/C19H16BrF3N2O4S/c1-29-17-10-13(4-7-15(17)20)25-16(11-18(24-25)19(21,22)23)12-2-5-14(6-3-12)30(27,28)9-8-26/h2-7,10-11,26H,8-9H2,1H3. The lowest BCUT2D eigenvalue weighted by Gasteiger charge is -2.11. The summed E-state index contributed by atoms with van der Waals surface area (Å²) in [5.74, 6) is -0.0331. The van der Waals surface area contributed by atoms with Crippen molar-refractivity contribution in [1.29, 1.82) is 0 Å². The van der Waals surface area contributed by atoms with E-state index in [-0.39, 0.29) is 10.6 Å². The van der Waals surface area contributed by atoms with Gasteiger partial charge in [-0.15, -0.1) is 0 Å². The molecule has 11 heteroatoms. The number of alkyl halides is 3. The van der Waals surface area contributed by atoms with Crippen LogP contribution >= 0.6 is 15.9 Å². The topological polar surface area (TPSA) is 81.4 Å². The number of hydrogen-bond donors (Lipinski definition) is 1. The molecule has 0 atom stereocenters. The van der Waals surface area contributed by atoms with Crippen LogP contribution in [0.5, 0.6) is 5.75 Å². The predicted molar refractivity (Wildman–Crippen MR) is 107 cm³/mol. The fourth-order valence-electron chi connectivity index (χ4n) is 2.77. The molecule has 0 fully saturated rings. The quantitative estimate of drug-likeness (QED) is 0.546. The van der Waals surface area contributed by atoms with Gasteiger partial charge >= 0.3 is 6.18 Å². The van der Waals surface area contributed by atoms with Gasteiger partial charge in [0.15, 0.2) is 15.5 Å². The van der Waals surface area contributed by atoms with Crippen molar-refractivity contribution in [3.05, 3.63) is 58.7 Å². The maximum absolute atomic E-state index is 13.3. The van der Waals surface area contributed by atoms with E-state index < -0.39 is 34.1 Å². The first-order valence-corrected chi connectivity index (χ1v) is 11.0. The molecule has 0 aliphatic heterocycles. The average molecular weight is 505 g/mol. The van der Waals surface area contributed by atoms with Crippen molar-refractivity contribution in [2.75, 3.05) is 19.5 Å². The van der Waals surface area contributed by atoms with E-state index >= 15 is 0 Å². The van der Waals surface area contributed by atoms with E-state index in [1.807, 2.05) is 0 Å². The molecule has 3 rings (SSSR count). The number of benzene rings is 2. The second kappa shape index (κ2) is 8.40. The van der Waals surface area contributed by atoms with Crippen molar-refractivity contribution in [1.82, 2.24) is 9.78 Å². The molecule has 0 saturated heterocycles. The molecular formula is C19H16BrF3N2O4S. The molecular weight excluding hydrogens is 489 g/mol. The summed E-state index contributed by atoms with van der Waals surface area (Å²) in [6, 6.07) is 11.0. The Morgan fingerprint density at radius 2 is 1.80 bits per heavy atom. The molecule has 6 nitrogen and oxygen atoms in total. The van der Waals surface area contributed by atoms with E-state index in [0.717, 1.165) is 10.7 Å². The minimum absolute atomic E-state index is 0.0345. The molecule has 0 aliphatic rings. The summed E-state index contributed by atoms with van der Waals surface area (Å²) in [5.41, 5.74) is -0.297. The van der Waals surface area contributed by atoms with Crippen LogP contribution in [-0.4, -0.2) is 42.8 Å². The summed E-state index contributed by atoms with van der Waals surface area (Å²) in [5, 5.41) is 12.6. The van der Waals surface area contributed by atoms with Gasteiger partial charge in [0.1, 0.15) is 5.75 Å². The highest BCUT2D eigenvalue weighted by Gasteiger charge is 2.35. The molecule has 0 spiro atoms. The predicted octanol–water partition coefficient (Wildman–Crippen LogP) is 4.10. The largest absolute Gasteiger partial charge is 0.495 e. The fourth-order valence-corrected chi connectivity index (χ4v) is 4.21. The van der Waals surface area contributed by atoms with Crippen LogP contribution in [0.25, 0.3) is 16.9 Å². The number of aliphatic hydroxyl groups is 1. The molecule has 3 aromatic rings. The van der Waals surface area contributed by atoms with Crippen LogP contribution in [0.15, 0.2) is 57.9 Å². The number of aromatic nitrogens is 2. The zero-order valence-electron chi connectivity index (χ0n) is 15.5. The van der Waals surface area contributed by atoms with Crippen molar-refractivity contribution in [2.24, 2.45) is 0 Å². The van der Waals surface area contributed by atoms with E-state index in [2.05, 4.69) is 21.0 Å². The lowest BCUT2D eigenvalue weighted by Crippen LogP contribution is -2.09. The molecule has 0 saturated carbocycles. The van der Waals surface area contributed by atoms with Gasteiger partial charge in [0.2, 0.25) is 0 Å². The molecule has 30 heavy (non-hydrogen) atoms. The Morgan fingerprint density at radius 1 is 1.13 bits per heavy atom. The molecule has 0 bridgehead atoms. The first-order chi connectivity index (χ1) is 14.1. The van der Waals surface area contributed by atoms with E-state index in [0.29, 0.717) is 21.5 Å². The van der Waals surface area contributed by atoms with Crippen LogP contribution in [0.3, 0.4) is 0 Å². The van der Waals surface area contributed by atoms with E-state index in [1.165, 1.54) is 37.4 Å². The second-order valence-corrected chi connectivity index (χ2v) is 9.17. The van der Waals surface area contributed by atoms with Gasteiger partial charge in [0.05, 0.1) is 40.2 Å². The maximum Gasteiger partial charge on any atom is 0.435 e. The third-order valence-corrected chi connectivity index (χ3v) is 6.61. The van der Waals surface area contributed by atoms with Crippen molar-refractivity contribution < 1.29 is 31.4 Å². The third kappa shape index (κ3) is 4.52. The number of aliphatic hydroxyl groups excluding tert-OH is 1. The summed E-state index contributed by atoms with van der Waals surface area (Å²) in [4.78, 5) is -0.0345. The Kier molecular flexibility index (Phi) is 6.25. The number of rotatable bonds is 6. The number of sulfone groups is 1. The van der Waals surface area contributed by atoms with Gasteiger partial charge in [-0.05, 0) is 46.3 Å². The van der Waals surface area contributed by atoms with Crippen LogP contribution in [0.4, 0.5) is 13.2 Å². The lowest BCUT2D eigenvalue weighted by atomic mass is 10.1. The molecule has 160 valence electrons. The molecule has 2 aromatic carbocycles. The minimum atomic E-state index is -4.66. The highest BCUT2D eigenvalue weighted by molar-refractivity contribution is 9.10. The summed E-state index contributed by atoms with van der Waals surface area (Å²) >= 11 is 3.29. The van der Waals surface area contributed by atoms with E-state index in [9.17, 15) is 21.6 Å². The van der Waals surface area contributed by atoms with Crippen LogP contribution in [0.2, 0.25) is 0 Å². The first-order valence-electron chi connectivity index (χ1n) is 8.52. The summed E-state index contributed by atoms with van der Waals surface area (Å²) in [7, 11) is -2.25. The Balaban J connectivity index is 2.14. The van der Waals surface area contributed by atoms with Gasteiger partial charge in [-0.1, -0.05) is 12.1 Å². The maximum atomic E-state index is 13.3. The van der Waals surface area contributed by atoms with E-state index in [4.69, 9.17) is 9.84 Å². The fraction of sp³-hybridized carbons (Fsp3) is 0.211. The van der Waals surface area contributed by atoms with Crippen molar-refractivity contribution in [2.45, 2.75) is 11.1 Å². The van der Waals surface area contributed by atoms with Gasteiger partial charge < -0.3 is 9.84 Å². The molecule has 0 aliphatic carbocycles. The normalized spacial score (nSPS) is 12.2. The zero-order chi connectivity index (χ0) is 22.1. The van der Waals surface area contributed by atoms with Gasteiger partial charge in [0, 0.05) is 11.6 Å². The van der Waals surface area contributed by atoms with Crippen LogP contribution in [0, 0.1) is 0 Å². The monoisotopic (exact) mass is 504 g/mol. The molecule has 0 unspecified atom stereocenters. The van der Waals surface area contributed by atoms with Gasteiger partial charge in [-0.25, -0.2) is 13.1 Å². The van der Waals surface area contributed by atoms with Gasteiger partial charge in [-0.3, -0.25) is 0 Å². The number of ether oxygens (including phenoxy) is 1. The number of halogens is 4. The van der Waals surface area contributed by atoms with Crippen LogP contribution in [0.1, 0.15) is 5.69 Å². The lowest BCUT2D eigenvalue weighted by molar-refractivity contribution is -0.141. The first kappa shape index (κ1) is 22.3. The summed E-state index contributed by atoms with van der Waals surface area (Å²) in [6.45, 7) is -0.531. The Hall–Kier alpha value is -2.37. The highest BCUT2D eigenvalue weighted by Crippen LogP contribution is 2.35. The number of nitrogens with zero attached hydrogens (tertiary/aromatic N) is 2. The second-order valence-electron chi connectivity index (χ2n) is 6.21. The molecule has 1 N–H and O–H groups in total. The van der Waals surface area contributed by atoms with Gasteiger partial charge in [0.25, 0.3) is 0 Å². The van der Waals surface area contributed by atoms with Crippen LogP contribution < -0.4 is 4.74 Å². The molecule has 1 aromatic heterocycles. The Morgan fingerprint density at radius 3 is 2.37 bits per heavy atom. The average Bonchev–Trinajstić information content (AvgIpc) is 3.14. The zero-order valence-corrected chi connectivity index (χ0v) is 17.9.